The van der Waals surface area contributed by atoms with Crippen LogP contribution in [0.2, 0.25) is 0 Å². The van der Waals surface area contributed by atoms with Gasteiger partial charge in [-0.25, -0.2) is 14.8 Å². The molecule has 0 radical (unpaired) electrons. The van der Waals surface area contributed by atoms with Gasteiger partial charge < -0.3 is 25.1 Å². The molecule has 48 heavy (non-hydrogen) atoms. The van der Waals surface area contributed by atoms with Crippen molar-refractivity contribution < 1.29 is 13.9 Å². The Morgan fingerprint density at radius 3 is 1.96 bits per heavy atom. The lowest BCUT2D eigenvalue weighted by Crippen LogP contribution is -2.37. The van der Waals surface area contributed by atoms with Crippen LogP contribution in [-0.2, 0) is 17.6 Å². The van der Waals surface area contributed by atoms with E-state index in [2.05, 4.69) is 55.1 Å². The van der Waals surface area contributed by atoms with Crippen molar-refractivity contribution in [1.82, 2.24) is 14.9 Å². The van der Waals surface area contributed by atoms with Gasteiger partial charge >= 0.3 is 6.03 Å². The van der Waals surface area contributed by atoms with E-state index in [1.54, 1.807) is 0 Å². The summed E-state index contributed by atoms with van der Waals surface area (Å²) in [7, 11) is 0. The third-order valence-corrected chi connectivity index (χ3v) is 8.54. The molecule has 0 spiro atoms. The molecule has 9 nitrogen and oxygen atoms in total. The fourth-order valence-corrected chi connectivity index (χ4v) is 5.98. The predicted octanol–water partition coefficient (Wildman–Crippen LogP) is 7.73. The second kappa shape index (κ2) is 14.9. The molecule has 1 fully saturated rings. The van der Waals surface area contributed by atoms with E-state index in [0.717, 1.165) is 96.3 Å². The molecule has 2 aromatic heterocycles. The van der Waals surface area contributed by atoms with Gasteiger partial charge in [-0.15, -0.1) is 0 Å². The first kappa shape index (κ1) is 31.1. The summed E-state index contributed by atoms with van der Waals surface area (Å²) >= 11 is 0. The average Bonchev–Trinajstić information content (AvgIpc) is 3.54. The number of hydrogen-bond donors (Lipinski definition) is 3. The number of urea groups is 1. The first-order chi connectivity index (χ1) is 23.7. The van der Waals surface area contributed by atoms with Crippen LogP contribution in [0.5, 0.6) is 0 Å². The van der Waals surface area contributed by atoms with Crippen molar-refractivity contribution in [2.24, 2.45) is 0 Å². The number of anilines is 3. The van der Waals surface area contributed by atoms with Gasteiger partial charge in [0.05, 0.1) is 18.6 Å². The van der Waals surface area contributed by atoms with E-state index in [9.17, 15) is 4.79 Å². The van der Waals surface area contributed by atoms with E-state index in [-0.39, 0.29) is 6.03 Å². The predicted molar refractivity (Wildman–Crippen MR) is 191 cm³/mol. The van der Waals surface area contributed by atoms with Gasteiger partial charge in [-0.3, -0.25) is 4.90 Å². The van der Waals surface area contributed by atoms with E-state index in [1.165, 1.54) is 11.9 Å². The number of aromatic nitrogens is 2. The van der Waals surface area contributed by atoms with Crippen LogP contribution >= 0.6 is 0 Å². The smallest absolute Gasteiger partial charge is 0.323 e. The lowest BCUT2D eigenvalue weighted by Gasteiger charge is -2.26. The molecule has 9 heteroatoms. The highest BCUT2D eigenvalue weighted by molar-refractivity contribution is 6.05. The lowest BCUT2D eigenvalue weighted by atomic mass is 9.99. The standard InChI is InChI=1S/C39H38N6O3/c46-39(44-33-17-13-29(14-18-33)20-22-45-23-25-47-26-24-45)43-32-15-11-28(12-16-32)19-21-40-37-35-34(30-7-3-1-4-8-30)36(31-9-5-2-6-10-31)48-38(35)42-27-41-37/h1-18,27H,19-26H2,(H,40,41,42)(H2,43,44,46). The van der Waals surface area contributed by atoms with Crippen molar-refractivity contribution in [3.8, 4) is 22.5 Å². The maximum atomic E-state index is 12.7. The maximum Gasteiger partial charge on any atom is 0.323 e. The Hall–Kier alpha value is -5.51. The van der Waals surface area contributed by atoms with E-state index in [0.29, 0.717) is 12.3 Å². The van der Waals surface area contributed by atoms with Crippen LogP contribution in [0.4, 0.5) is 22.0 Å². The van der Waals surface area contributed by atoms with Gasteiger partial charge in [-0.1, -0.05) is 84.9 Å². The molecule has 0 saturated carbocycles. The van der Waals surface area contributed by atoms with Crippen molar-refractivity contribution in [1.29, 1.82) is 0 Å². The highest BCUT2D eigenvalue weighted by Gasteiger charge is 2.22. The summed E-state index contributed by atoms with van der Waals surface area (Å²) in [5.41, 5.74) is 7.39. The third-order valence-electron chi connectivity index (χ3n) is 8.54. The highest BCUT2D eigenvalue weighted by atomic mass is 16.5. The van der Waals surface area contributed by atoms with Crippen LogP contribution in [0, 0.1) is 0 Å². The molecular formula is C39H38N6O3. The number of rotatable bonds is 11. The van der Waals surface area contributed by atoms with Crippen LogP contribution in [0.15, 0.2) is 120 Å². The molecule has 0 atom stereocenters. The third kappa shape index (κ3) is 7.54. The number of fused-ring (bicyclic) bond motifs is 1. The second-order valence-corrected chi connectivity index (χ2v) is 11.8. The number of hydrogen-bond acceptors (Lipinski definition) is 7. The van der Waals surface area contributed by atoms with Gasteiger partial charge in [0.15, 0.2) is 0 Å². The van der Waals surface area contributed by atoms with Crippen LogP contribution in [0.25, 0.3) is 33.6 Å². The minimum Gasteiger partial charge on any atom is -0.437 e. The van der Waals surface area contributed by atoms with E-state index >= 15 is 0 Å². The first-order valence-corrected chi connectivity index (χ1v) is 16.4. The Balaban J connectivity index is 0.951. The van der Waals surface area contributed by atoms with E-state index in [1.807, 2.05) is 84.9 Å². The maximum absolute atomic E-state index is 12.7. The molecular weight excluding hydrogens is 600 g/mol. The van der Waals surface area contributed by atoms with Crippen LogP contribution in [0.3, 0.4) is 0 Å². The summed E-state index contributed by atoms with van der Waals surface area (Å²) in [4.78, 5) is 24.2. The molecule has 7 rings (SSSR count). The monoisotopic (exact) mass is 638 g/mol. The molecule has 0 unspecified atom stereocenters. The van der Waals surface area contributed by atoms with Crippen LogP contribution in [-0.4, -0.2) is 60.3 Å². The fourth-order valence-electron chi connectivity index (χ4n) is 5.98. The summed E-state index contributed by atoms with van der Waals surface area (Å²) in [6.07, 6.45) is 3.27. The van der Waals surface area contributed by atoms with E-state index in [4.69, 9.17) is 9.15 Å². The van der Waals surface area contributed by atoms with Crippen molar-refractivity contribution in [3.63, 3.8) is 0 Å². The Morgan fingerprint density at radius 2 is 1.31 bits per heavy atom. The molecule has 4 aromatic carbocycles. The topological polar surface area (TPSA) is 105 Å². The highest BCUT2D eigenvalue weighted by Crippen LogP contribution is 2.42. The summed E-state index contributed by atoms with van der Waals surface area (Å²) in [6.45, 7) is 5.27. The van der Waals surface area contributed by atoms with Crippen LogP contribution in [0.1, 0.15) is 11.1 Å². The zero-order chi connectivity index (χ0) is 32.5. The number of nitrogens with zero attached hydrogens (tertiary/aromatic N) is 3. The van der Waals surface area contributed by atoms with Crippen molar-refractivity contribution >= 4 is 34.3 Å². The number of carbonyl (C=O) groups is 1. The lowest BCUT2D eigenvalue weighted by molar-refractivity contribution is 0.0384. The van der Waals surface area contributed by atoms with Gasteiger partial charge in [0.2, 0.25) is 5.71 Å². The minimum absolute atomic E-state index is 0.275. The molecule has 242 valence electrons. The van der Waals surface area contributed by atoms with E-state index < -0.39 is 0 Å². The Labute approximate surface area is 280 Å². The zero-order valence-electron chi connectivity index (χ0n) is 26.7. The minimum atomic E-state index is -0.275. The average molecular weight is 639 g/mol. The van der Waals surface area contributed by atoms with Gasteiger partial charge in [0.1, 0.15) is 17.9 Å². The van der Waals surface area contributed by atoms with Gasteiger partial charge in [-0.2, -0.15) is 0 Å². The quantitative estimate of drug-likeness (QED) is 0.133. The number of morpholine rings is 1. The SMILES string of the molecule is O=C(Nc1ccc(CCNc2ncnc3oc(-c4ccccc4)c(-c4ccccc4)c23)cc1)Nc1ccc(CCN2CCOCC2)cc1. The van der Waals surface area contributed by atoms with Crippen LogP contribution < -0.4 is 16.0 Å². The fraction of sp³-hybridized carbons (Fsp3) is 0.205. The molecule has 0 bridgehead atoms. The Kier molecular flexibility index (Phi) is 9.68. The normalized spacial score (nSPS) is 13.3. The molecule has 6 aromatic rings. The summed E-state index contributed by atoms with van der Waals surface area (Å²) in [6, 6.07) is 35.9. The number of amides is 2. The molecule has 1 aliphatic heterocycles. The summed E-state index contributed by atoms with van der Waals surface area (Å²) < 4.78 is 11.8. The summed E-state index contributed by atoms with van der Waals surface area (Å²) in [5.74, 6) is 1.49. The number of benzene rings is 4. The molecule has 1 saturated heterocycles. The number of carbonyl (C=O) groups excluding carboxylic acids is 1. The zero-order valence-corrected chi connectivity index (χ0v) is 26.7. The van der Waals surface area contributed by atoms with Gasteiger partial charge in [0, 0.05) is 48.7 Å². The second-order valence-electron chi connectivity index (χ2n) is 11.8. The molecule has 1 aliphatic rings. The Morgan fingerprint density at radius 1 is 0.708 bits per heavy atom. The Bertz CT molecular complexity index is 1940. The summed E-state index contributed by atoms with van der Waals surface area (Å²) in [5, 5.41) is 10.2. The molecule has 0 aliphatic carbocycles. The number of ether oxygens (including phenoxy) is 1. The number of furan rings is 1. The molecule has 3 heterocycles. The first-order valence-electron chi connectivity index (χ1n) is 16.4. The number of nitrogens with one attached hydrogen (secondary N) is 3. The molecule has 3 N–H and O–H groups in total. The van der Waals surface area contributed by atoms with Crippen molar-refractivity contribution in [2.45, 2.75) is 12.8 Å². The van der Waals surface area contributed by atoms with Gasteiger partial charge in [0.25, 0.3) is 0 Å². The van der Waals surface area contributed by atoms with Crippen molar-refractivity contribution in [2.75, 3.05) is 55.3 Å². The largest absolute Gasteiger partial charge is 0.437 e. The van der Waals surface area contributed by atoms with Crippen molar-refractivity contribution in [3.05, 3.63) is 127 Å². The van der Waals surface area contributed by atoms with Gasteiger partial charge in [-0.05, 0) is 53.8 Å². The molecule has 2 amide bonds.